The number of pyridine rings is 1. The Balaban J connectivity index is 1.81. The number of carboxylic acids is 1. The minimum Gasteiger partial charge on any atom is -0.477 e. The Morgan fingerprint density at radius 1 is 1.20 bits per heavy atom. The van der Waals surface area contributed by atoms with E-state index in [1.54, 1.807) is 6.20 Å². The summed E-state index contributed by atoms with van der Waals surface area (Å²) in [4.78, 5) is 15.4. The molecule has 4 aliphatic carbocycles. The van der Waals surface area contributed by atoms with E-state index >= 15 is 0 Å². The Bertz CT molecular complexity index is 543. The van der Waals surface area contributed by atoms with Crippen molar-refractivity contribution in [1.82, 2.24) is 4.98 Å². The Labute approximate surface area is 119 Å². The number of rotatable bonds is 2. The Morgan fingerprint density at radius 3 is 2.25 bits per heavy atom. The van der Waals surface area contributed by atoms with Gasteiger partial charge in [0.05, 0.1) is 0 Å². The second-order valence-electron chi connectivity index (χ2n) is 7.34. The molecular formula is C17H21NO2. The minimum absolute atomic E-state index is 0.248. The van der Waals surface area contributed by atoms with Gasteiger partial charge in [0.1, 0.15) is 0 Å². The van der Waals surface area contributed by atoms with Crippen molar-refractivity contribution < 1.29 is 9.90 Å². The lowest BCUT2D eigenvalue weighted by atomic mass is 9.47. The van der Waals surface area contributed by atoms with Crippen LogP contribution in [0.2, 0.25) is 0 Å². The van der Waals surface area contributed by atoms with E-state index < -0.39 is 5.97 Å². The van der Waals surface area contributed by atoms with Crippen molar-refractivity contribution in [3.8, 4) is 0 Å². The van der Waals surface area contributed by atoms with Crippen molar-refractivity contribution in [2.45, 2.75) is 50.9 Å². The number of aromatic carboxylic acids is 1. The van der Waals surface area contributed by atoms with Crippen LogP contribution in [0.5, 0.6) is 0 Å². The molecule has 4 saturated carbocycles. The third-order valence-corrected chi connectivity index (χ3v) is 6.02. The lowest BCUT2D eigenvalue weighted by molar-refractivity contribution is -0.00554. The second-order valence-corrected chi connectivity index (χ2v) is 7.34. The van der Waals surface area contributed by atoms with Crippen molar-refractivity contribution in [3.05, 3.63) is 29.1 Å². The third kappa shape index (κ3) is 1.65. The van der Waals surface area contributed by atoms with Crippen LogP contribution in [0.3, 0.4) is 0 Å². The predicted molar refractivity (Wildman–Crippen MR) is 75.8 cm³/mol. The number of hydrogen-bond acceptors (Lipinski definition) is 2. The highest BCUT2D eigenvalue weighted by Gasteiger charge is 2.52. The van der Waals surface area contributed by atoms with Gasteiger partial charge in [-0.05, 0) is 85.8 Å². The first-order valence-corrected chi connectivity index (χ1v) is 7.77. The zero-order chi connectivity index (χ0) is 13.9. The Kier molecular flexibility index (Phi) is 2.51. The fourth-order valence-electron chi connectivity index (χ4n) is 5.77. The van der Waals surface area contributed by atoms with Gasteiger partial charge in [-0.1, -0.05) is 0 Å². The van der Waals surface area contributed by atoms with Gasteiger partial charge in [-0.2, -0.15) is 0 Å². The van der Waals surface area contributed by atoms with Crippen molar-refractivity contribution in [2.24, 2.45) is 17.8 Å². The number of carbonyl (C=O) groups is 1. The first-order valence-electron chi connectivity index (χ1n) is 7.77. The molecule has 4 bridgehead atoms. The van der Waals surface area contributed by atoms with Gasteiger partial charge >= 0.3 is 5.97 Å². The van der Waals surface area contributed by atoms with E-state index in [0.29, 0.717) is 0 Å². The van der Waals surface area contributed by atoms with E-state index in [1.807, 2.05) is 6.92 Å². The molecule has 1 aromatic heterocycles. The second kappa shape index (κ2) is 4.06. The number of hydrogen-bond donors (Lipinski definition) is 1. The molecule has 0 radical (unpaired) electrons. The van der Waals surface area contributed by atoms with Crippen molar-refractivity contribution in [3.63, 3.8) is 0 Å². The van der Waals surface area contributed by atoms with Gasteiger partial charge in [-0.3, -0.25) is 0 Å². The summed E-state index contributed by atoms with van der Waals surface area (Å²) in [6.07, 6.45) is 9.73. The SMILES string of the molecule is Cc1c(C23CC4CC(CC(C4)C2)C3)ccnc1C(=O)O. The molecule has 0 aliphatic heterocycles. The van der Waals surface area contributed by atoms with Crippen LogP contribution in [0.4, 0.5) is 0 Å². The summed E-state index contributed by atoms with van der Waals surface area (Å²) in [5, 5.41) is 9.31. The van der Waals surface area contributed by atoms with E-state index in [4.69, 9.17) is 0 Å². The summed E-state index contributed by atoms with van der Waals surface area (Å²) in [6, 6.07) is 2.09. The molecule has 0 spiro atoms. The molecule has 0 unspecified atom stereocenters. The molecule has 0 atom stereocenters. The molecular weight excluding hydrogens is 250 g/mol. The van der Waals surface area contributed by atoms with E-state index in [9.17, 15) is 9.90 Å². The van der Waals surface area contributed by atoms with Gasteiger partial charge in [-0.15, -0.1) is 0 Å². The summed E-state index contributed by atoms with van der Waals surface area (Å²) < 4.78 is 0. The van der Waals surface area contributed by atoms with E-state index in [1.165, 1.54) is 44.1 Å². The van der Waals surface area contributed by atoms with Crippen LogP contribution in [0, 0.1) is 24.7 Å². The van der Waals surface area contributed by atoms with Crippen LogP contribution in [-0.4, -0.2) is 16.1 Å². The molecule has 4 fully saturated rings. The van der Waals surface area contributed by atoms with Gasteiger partial charge in [0.25, 0.3) is 0 Å². The van der Waals surface area contributed by atoms with Crippen LogP contribution in [0.15, 0.2) is 12.3 Å². The van der Waals surface area contributed by atoms with Crippen LogP contribution in [0.25, 0.3) is 0 Å². The van der Waals surface area contributed by atoms with Crippen molar-refractivity contribution in [1.29, 1.82) is 0 Å². The number of carboxylic acid groups (broad SMARTS) is 1. The smallest absolute Gasteiger partial charge is 0.354 e. The fourth-order valence-corrected chi connectivity index (χ4v) is 5.77. The number of nitrogens with zero attached hydrogens (tertiary/aromatic N) is 1. The highest BCUT2D eigenvalue weighted by Crippen LogP contribution is 2.61. The monoisotopic (exact) mass is 271 g/mol. The molecule has 3 heteroatoms. The lowest BCUT2D eigenvalue weighted by Gasteiger charge is -2.57. The Morgan fingerprint density at radius 2 is 1.75 bits per heavy atom. The molecule has 106 valence electrons. The average molecular weight is 271 g/mol. The molecule has 0 saturated heterocycles. The maximum atomic E-state index is 11.3. The molecule has 4 aliphatic rings. The molecule has 3 nitrogen and oxygen atoms in total. The van der Waals surface area contributed by atoms with Gasteiger partial charge < -0.3 is 5.11 Å². The minimum atomic E-state index is -0.894. The zero-order valence-corrected chi connectivity index (χ0v) is 11.9. The van der Waals surface area contributed by atoms with E-state index in [-0.39, 0.29) is 11.1 Å². The maximum Gasteiger partial charge on any atom is 0.354 e. The molecule has 1 aromatic rings. The van der Waals surface area contributed by atoms with Crippen LogP contribution in [0.1, 0.15) is 60.1 Å². The van der Waals surface area contributed by atoms with E-state index in [2.05, 4.69) is 11.1 Å². The number of aromatic nitrogens is 1. The largest absolute Gasteiger partial charge is 0.477 e. The summed E-state index contributed by atoms with van der Waals surface area (Å²) in [7, 11) is 0. The molecule has 5 rings (SSSR count). The van der Waals surface area contributed by atoms with Crippen molar-refractivity contribution in [2.75, 3.05) is 0 Å². The molecule has 1 heterocycles. The highest BCUT2D eigenvalue weighted by molar-refractivity contribution is 5.87. The summed E-state index contributed by atoms with van der Waals surface area (Å²) >= 11 is 0. The van der Waals surface area contributed by atoms with Gasteiger partial charge in [0, 0.05) is 6.20 Å². The van der Waals surface area contributed by atoms with Gasteiger partial charge in [0.15, 0.2) is 5.69 Å². The first-order chi connectivity index (χ1) is 9.57. The molecule has 0 amide bonds. The topological polar surface area (TPSA) is 50.2 Å². The normalized spacial score (nSPS) is 38.1. The Hall–Kier alpha value is -1.38. The summed E-state index contributed by atoms with van der Waals surface area (Å²) in [5.74, 6) is 1.74. The first kappa shape index (κ1) is 12.4. The van der Waals surface area contributed by atoms with Gasteiger partial charge in [0.2, 0.25) is 0 Å². The van der Waals surface area contributed by atoms with Crippen LogP contribution >= 0.6 is 0 Å². The predicted octanol–water partition coefficient (Wildman–Crippen LogP) is 3.56. The summed E-state index contributed by atoms with van der Waals surface area (Å²) in [6.45, 7) is 1.95. The third-order valence-electron chi connectivity index (χ3n) is 6.02. The summed E-state index contributed by atoms with van der Waals surface area (Å²) in [5.41, 5.74) is 2.69. The molecule has 0 aromatic carbocycles. The quantitative estimate of drug-likeness (QED) is 0.894. The lowest BCUT2D eigenvalue weighted by Crippen LogP contribution is -2.49. The van der Waals surface area contributed by atoms with Gasteiger partial charge in [-0.25, -0.2) is 9.78 Å². The van der Waals surface area contributed by atoms with Crippen molar-refractivity contribution >= 4 is 5.97 Å². The van der Waals surface area contributed by atoms with E-state index in [0.717, 1.165) is 23.3 Å². The van der Waals surface area contributed by atoms with Crippen LogP contribution < -0.4 is 0 Å². The standard InChI is InChI=1S/C17H21NO2/c1-10-14(2-3-18-15(10)16(19)20)17-7-11-4-12(8-17)6-13(5-11)9-17/h2-3,11-13H,4-9H2,1H3,(H,19,20). The highest BCUT2D eigenvalue weighted by atomic mass is 16.4. The fraction of sp³-hybridized carbons (Fsp3) is 0.647. The molecule has 1 N–H and O–H groups in total. The molecule has 20 heavy (non-hydrogen) atoms. The van der Waals surface area contributed by atoms with Crippen LogP contribution in [-0.2, 0) is 5.41 Å². The zero-order valence-electron chi connectivity index (χ0n) is 11.9. The maximum absolute atomic E-state index is 11.3. The average Bonchev–Trinajstić information content (AvgIpc) is 2.36.